The number of hydrogen-bond donors (Lipinski definition) is 0. The molecule has 0 unspecified atom stereocenters. The lowest BCUT2D eigenvalue weighted by atomic mass is 10.0. The van der Waals surface area contributed by atoms with E-state index in [1.54, 1.807) is 18.2 Å². The summed E-state index contributed by atoms with van der Waals surface area (Å²) in [7, 11) is -3.59. The van der Waals surface area contributed by atoms with Crippen LogP contribution in [0.15, 0.2) is 41.8 Å². The Morgan fingerprint density at radius 2 is 1.83 bits per heavy atom. The molecule has 0 saturated heterocycles. The SMILES string of the molecule is C=CCN(C(C)(C)CC#CCCCC)S(=O)(=O)c1ccc(C)cc1. The second-order valence-electron chi connectivity index (χ2n) is 6.58. The largest absolute Gasteiger partial charge is 0.243 e. The van der Waals surface area contributed by atoms with Crippen molar-refractivity contribution in [3.63, 3.8) is 0 Å². The van der Waals surface area contributed by atoms with Crippen molar-refractivity contribution in [2.24, 2.45) is 0 Å². The van der Waals surface area contributed by atoms with Gasteiger partial charge < -0.3 is 0 Å². The van der Waals surface area contributed by atoms with Crippen LogP contribution in [0.4, 0.5) is 0 Å². The molecule has 1 aromatic carbocycles. The Balaban J connectivity index is 3.07. The second kappa shape index (κ2) is 9.05. The van der Waals surface area contributed by atoms with E-state index in [0.717, 1.165) is 24.8 Å². The third-order valence-corrected chi connectivity index (χ3v) is 5.97. The molecule has 0 fully saturated rings. The molecule has 4 heteroatoms. The fraction of sp³-hybridized carbons (Fsp3) is 0.500. The van der Waals surface area contributed by atoms with E-state index in [1.807, 2.05) is 32.9 Å². The van der Waals surface area contributed by atoms with Gasteiger partial charge in [-0.3, -0.25) is 0 Å². The van der Waals surface area contributed by atoms with Gasteiger partial charge in [0.2, 0.25) is 10.0 Å². The van der Waals surface area contributed by atoms with Crippen LogP contribution in [0, 0.1) is 18.8 Å². The number of unbranched alkanes of at least 4 members (excludes halogenated alkanes) is 2. The van der Waals surface area contributed by atoms with Crippen molar-refractivity contribution in [3.05, 3.63) is 42.5 Å². The lowest BCUT2D eigenvalue weighted by molar-refractivity contribution is 0.251. The number of hydrogen-bond acceptors (Lipinski definition) is 2. The normalized spacial score (nSPS) is 11.9. The van der Waals surface area contributed by atoms with Gasteiger partial charge in [0.15, 0.2) is 0 Å². The fourth-order valence-corrected chi connectivity index (χ4v) is 4.10. The minimum Gasteiger partial charge on any atom is -0.207 e. The molecule has 0 aliphatic rings. The average molecular weight is 348 g/mol. The van der Waals surface area contributed by atoms with Gasteiger partial charge in [0.1, 0.15) is 0 Å². The van der Waals surface area contributed by atoms with Gasteiger partial charge in [-0.25, -0.2) is 8.42 Å². The molecule has 0 aromatic heterocycles. The summed E-state index contributed by atoms with van der Waals surface area (Å²) in [5, 5.41) is 0. The molecule has 0 bridgehead atoms. The Morgan fingerprint density at radius 1 is 1.21 bits per heavy atom. The Kier molecular flexibility index (Phi) is 7.72. The Hall–Kier alpha value is -1.57. The van der Waals surface area contributed by atoms with Gasteiger partial charge in [-0.2, -0.15) is 4.31 Å². The summed E-state index contributed by atoms with van der Waals surface area (Å²) in [6.45, 7) is 11.9. The molecule has 0 amide bonds. The standard InChI is InChI=1S/C20H29NO2S/c1-6-8-9-10-11-16-20(4,5)21(17-7-2)24(22,23)19-14-12-18(3)13-15-19/h7,12-15H,2,6,8-9,16-17H2,1,3-5H3. The first-order valence-electron chi connectivity index (χ1n) is 8.42. The maximum atomic E-state index is 13.0. The molecular weight excluding hydrogens is 318 g/mol. The zero-order chi connectivity index (χ0) is 18.2. The molecule has 0 spiro atoms. The molecule has 0 atom stereocenters. The van der Waals surface area contributed by atoms with Crippen molar-refractivity contribution >= 4 is 10.0 Å². The van der Waals surface area contributed by atoms with E-state index in [1.165, 1.54) is 4.31 Å². The Morgan fingerprint density at radius 3 is 2.38 bits per heavy atom. The predicted octanol–water partition coefficient (Wildman–Crippen LogP) is 4.53. The summed E-state index contributed by atoms with van der Waals surface area (Å²) in [4.78, 5) is 0.307. The molecule has 0 N–H and O–H groups in total. The van der Waals surface area contributed by atoms with Gasteiger partial charge in [-0.05, 0) is 39.3 Å². The van der Waals surface area contributed by atoms with Gasteiger partial charge in [-0.1, -0.05) is 37.1 Å². The second-order valence-corrected chi connectivity index (χ2v) is 8.45. The quantitative estimate of drug-likeness (QED) is 0.393. The molecule has 0 radical (unpaired) electrons. The maximum absolute atomic E-state index is 13.0. The predicted molar refractivity (Wildman–Crippen MR) is 101 cm³/mol. The summed E-state index contributed by atoms with van der Waals surface area (Å²) in [5.74, 6) is 6.28. The Bertz CT molecular complexity index is 691. The number of sulfonamides is 1. The van der Waals surface area contributed by atoms with Crippen LogP contribution in [0.1, 0.15) is 52.0 Å². The number of nitrogens with zero attached hydrogens (tertiary/aromatic N) is 1. The van der Waals surface area contributed by atoms with Crippen molar-refractivity contribution in [1.29, 1.82) is 0 Å². The van der Waals surface area contributed by atoms with Crippen LogP contribution in [0.5, 0.6) is 0 Å². The number of rotatable bonds is 8. The van der Waals surface area contributed by atoms with Crippen molar-refractivity contribution in [1.82, 2.24) is 4.31 Å². The maximum Gasteiger partial charge on any atom is 0.243 e. The molecule has 1 rings (SSSR count). The van der Waals surface area contributed by atoms with Crippen molar-refractivity contribution in [2.45, 2.75) is 63.8 Å². The minimum absolute atomic E-state index is 0.264. The van der Waals surface area contributed by atoms with Gasteiger partial charge in [0.25, 0.3) is 0 Å². The van der Waals surface area contributed by atoms with E-state index in [9.17, 15) is 8.42 Å². The molecule has 24 heavy (non-hydrogen) atoms. The minimum atomic E-state index is -3.59. The van der Waals surface area contributed by atoms with E-state index in [0.29, 0.717) is 11.3 Å². The third-order valence-electron chi connectivity index (χ3n) is 3.88. The van der Waals surface area contributed by atoms with Crippen LogP contribution >= 0.6 is 0 Å². The highest BCUT2D eigenvalue weighted by Gasteiger charge is 2.35. The first-order chi connectivity index (χ1) is 11.3. The summed E-state index contributed by atoms with van der Waals surface area (Å²) >= 11 is 0. The molecule has 0 heterocycles. The van der Waals surface area contributed by atoms with E-state index in [2.05, 4.69) is 25.3 Å². The first kappa shape index (κ1) is 20.5. The van der Waals surface area contributed by atoms with Crippen LogP contribution in [-0.4, -0.2) is 24.8 Å². The summed E-state index contributed by atoms with van der Waals surface area (Å²) in [6, 6.07) is 6.95. The van der Waals surface area contributed by atoms with Crippen LogP contribution in [0.25, 0.3) is 0 Å². The van der Waals surface area contributed by atoms with Crippen molar-refractivity contribution in [3.8, 4) is 11.8 Å². The molecule has 3 nitrogen and oxygen atoms in total. The molecule has 0 aliphatic heterocycles. The summed E-state index contributed by atoms with van der Waals surface area (Å²) < 4.78 is 27.6. The molecule has 0 aliphatic carbocycles. The van der Waals surface area contributed by atoms with Gasteiger partial charge in [0, 0.05) is 24.9 Å². The highest BCUT2D eigenvalue weighted by molar-refractivity contribution is 7.89. The highest BCUT2D eigenvalue weighted by atomic mass is 32.2. The zero-order valence-electron chi connectivity index (χ0n) is 15.3. The van der Waals surface area contributed by atoms with E-state index >= 15 is 0 Å². The summed E-state index contributed by atoms with van der Waals surface area (Å²) in [6.07, 6.45) is 5.17. The highest BCUT2D eigenvalue weighted by Crippen LogP contribution is 2.27. The monoisotopic (exact) mass is 347 g/mol. The van der Waals surface area contributed by atoms with Crippen molar-refractivity contribution in [2.75, 3.05) is 6.54 Å². The van der Waals surface area contributed by atoms with Gasteiger partial charge in [-0.15, -0.1) is 18.4 Å². The Labute approximate surface area is 147 Å². The molecule has 0 saturated carbocycles. The number of aryl methyl sites for hydroxylation is 1. The molecule has 132 valence electrons. The van der Waals surface area contributed by atoms with Crippen LogP contribution in [-0.2, 0) is 10.0 Å². The van der Waals surface area contributed by atoms with Crippen LogP contribution in [0.3, 0.4) is 0 Å². The number of benzene rings is 1. The smallest absolute Gasteiger partial charge is 0.207 e. The van der Waals surface area contributed by atoms with Crippen molar-refractivity contribution < 1.29 is 8.42 Å². The van der Waals surface area contributed by atoms with Crippen LogP contribution < -0.4 is 0 Å². The summed E-state index contributed by atoms with van der Waals surface area (Å²) in [5.41, 5.74) is 0.433. The molecular formula is C20H29NO2S. The van der Waals surface area contributed by atoms with E-state index in [-0.39, 0.29) is 6.54 Å². The van der Waals surface area contributed by atoms with E-state index in [4.69, 9.17) is 0 Å². The first-order valence-corrected chi connectivity index (χ1v) is 9.86. The topological polar surface area (TPSA) is 37.4 Å². The fourth-order valence-electron chi connectivity index (χ4n) is 2.35. The van der Waals surface area contributed by atoms with Crippen LogP contribution in [0.2, 0.25) is 0 Å². The third kappa shape index (κ3) is 5.51. The van der Waals surface area contributed by atoms with Gasteiger partial charge >= 0.3 is 0 Å². The van der Waals surface area contributed by atoms with E-state index < -0.39 is 15.6 Å². The van der Waals surface area contributed by atoms with Gasteiger partial charge in [0.05, 0.1) is 4.90 Å². The molecule has 1 aromatic rings. The average Bonchev–Trinajstić information content (AvgIpc) is 2.52. The lowest BCUT2D eigenvalue weighted by Crippen LogP contribution is -2.47. The lowest BCUT2D eigenvalue weighted by Gasteiger charge is -2.35. The zero-order valence-corrected chi connectivity index (χ0v) is 16.1.